The van der Waals surface area contributed by atoms with E-state index in [-0.39, 0.29) is 23.2 Å². The average molecular weight is 207 g/mol. The molecule has 0 spiro atoms. The van der Waals surface area contributed by atoms with Crippen molar-refractivity contribution in [2.75, 3.05) is 6.61 Å². The highest BCUT2D eigenvalue weighted by Crippen LogP contribution is 2.59. The van der Waals surface area contributed by atoms with E-state index in [1.54, 1.807) is 13.8 Å². The molecule has 1 aliphatic rings. The quantitative estimate of drug-likeness (QED) is 0.527. The van der Waals surface area contributed by atoms with E-state index in [4.69, 9.17) is 10.00 Å². The molecule has 2 atom stereocenters. The molecule has 0 bridgehead atoms. The molecule has 3 heteroatoms. The van der Waals surface area contributed by atoms with Crippen LogP contribution in [0.5, 0.6) is 0 Å². The maximum absolute atomic E-state index is 11.6. The molecule has 82 valence electrons. The van der Waals surface area contributed by atoms with Gasteiger partial charge in [-0.15, -0.1) is 0 Å². The number of allylic oxidation sites excluding steroid dienone is 2. The zero-order chi connectivity index (χ0) is 11.6. The summed E-state index contributed by atoms with van der Waals surface area (Å²) < 4.78 is 5.00. The predicted molar refractivity (Wildman–Crippen MR) is 56.8 cm³/mol. The first-order chi connectivity index (χ1) is 6.95. The zero-order valence-corrected chi connectivity index (χ0v) is 9.70. The van der Waals surface area contributed by atoms with Crippen molar-refractivity contribution in [3.63, 3.8) is 0 Å². The second-order valence-electron chi connectivity index (χ2n) is 4.54. The Bertz CT molecular complexity index is 336. The molecule has 0 amide bonds. The third-order valence-electron chi connectivity index (χ3n) is 3.06. The van der Waals surface area contributed by atoms with Crippen molar-refractivity contribution in [1.29, 1.82) is 5.26 Å². The number of carbonyl (C=O) groups excluding carboxylic acids is 1. The summed E-state index contributed by atoms with van der Waals surface area (Å²) in [5, 5.41) is 8.68. The average Bonchev–Trinajstić information content (AvgIpc) is 2.68. The van der Waals surface area contributed by atoms with Gasteiger partial charge in [0, 0.05) is 5.57 Å². The van der Waals surface area contributed by atoms with Crippen LogP contribution in [-0.4, -0.2) is 12.6 Å². The topological polar surface area (TPSA) is 50.1 Å². The first kappa shape index (κ1) is 11.8. The molecule has 0 aromatic rings. The van der Waals surface area contributed by atoms with Crippen LogP contribution < -0.4 is 0 Å². The number of carbonyl (C=O) groups is 1. The normalized spacial score (nSPS) is 28.1. The summed E-state index contributed by atoms with van der Waals surface area (Å²) in [6, 6.07) is 2.07. The van der Waals surface area contributed by atoms with Gasteiger partial charge in [-0.1, -0.05) is 19.9 Å². The van der Waals surface area contributed by atoms with Gasteiger partial charge in [0.25, 0.3) is 0 Å². The molecule has 1 fully saturated rings. The van der Waals surface area contributed by atoms with Gasteiger partial charge < -0.3 is 4.74 Å². The van der Waals surface area contributed by atoms with Crippen molar-refractivity contribution in [2.45, 2.75) is 27.7 Å². The van der Waals surface area contributed by atoms with Gasteiger partial charge in [0.05, 0.1) is 18.6 Å². The molecule has 0 aromatic heterocycles. The Morgan fingerprint density at radius 1 is 1.60 bits per heavy atom. The molecule has 1 saturated carbocycles. The van der Waals surface area contributed by atoms with Crippen molar-refractivity contribution in [3.8, 4) is 6.07 Å². The third kappa shape index (κ3) is 2.20. The van der Waals surface area contributed by atoms with Crippen molar-refractivity contribution < 1.29 is 9.53 Å². The van der Waals surface area contributed by atoms with Gasteiger partial charge >= 0.3 is 5.97 Å². The second-order valence-corrected chi connectivity index (χ2v) is 4.54. The van der Waals surface area contributed by atoms with Gasteiger partial charge in [0.1, 0.15) is 0 Å². The van der Waals surface area contributed by atoms with E-state index in [0.29, 0.717) is 12.2 Å². The van der Waals surface area contributed by atoms with E-state index in [0.717, 1.165) is 0 Å². The largest absolute Gasteiger partial charge is 0.466 e. The SMILES string of the molecule is CCOC(=O)[C@@H]1[C@@H](/C=C(\C)C#N)C1(C)C. The summed E-state index contributed by atoms with van der Waals surface area (Å²) in [5.74, 6) is -0.0774. The lowest BCUT2D eigenvalue weighted by molar-refractivity contribution is -0.145. The monoisotopic (exact) mass is 207 g/mol. The number of hydrogen-bond acceptors (Lipinski definition) is 3. The molecule has 0 heterocycles. The van der Waals surface area contributed by atoms with Gasteiger partial charge in [0.15, 0.2) is 0 Å². The van der Waals surface area contributed by atoms with Gasteiger partial charge in [0.2, 0.25) is 0 Å². The predicted octanol–water partition coefficient (Wildman–Crippen LogP) is 2.29. The van der Waals surface area contributed by atoms with Crippen LogP contribution in [0.2, 0.25) is 0 Å². The zero-order valence-electron chi connectivity index (χ0n) is 9.70. The van der Waals surface area contributed by atoms with Crippen LogP contribution in [0.25, 0.3) is 0 Å². The number of esters is 1. The van der Waals surface area contributed by atoms with Crippen LogP contribution >= 0.6 is 0 Å². The molecular weight excluding hydrogens is 190 g/mol. The first-order valence-corrected chi connectivity index (χ1v) is 5.20. The Labute approximate surface area is 90.7 Å². The van der Waals surface area contributed by atoms with Gasteiger partial charge in [-0.3, -0.25) is 4.79 Å². The minimum Gasteiger partial charge on any atom is -0.466 e. The first-order valence-electron chi connectivity index (χ1n) is 5.20. The lowest BCUT2D eigenvalue weighted by Gasteiger charge is -2.01. The van der Waals surface area contributed by atoms with Crippen LogP contribution in [-0.2, 0) is 9.53 Å². The second kappa shape index (κ2) is 4.06. The Morgan fingerprint density at radius 3 is 2.67 bits per heavy atom. The van der Waals surface area contributed by atoms with Crippen LogP contribution in [0.3, 0.4) is 0 Å². The van der Waals surface area contributed by atoms with Crippen LogP contribution in [0.1, 0.15) is 27.7 Å². The summed E-state index contributed by atoms with van der Waals surface area (Å²) in [4.78, 5) is 11.6. The maximum atomic E-state index is 11.6. The van der Waals surface area contributed by atoms with E-state index in [1.807, 2.05) is 19.9 Å². The van der Waals surface area contributed by atoms with Gasteiger partial charge in [-0.2, -0.15) is 5.26 Å². The number of nitrogens with zero attached hydrogens (tertiary/aromatic N) is 1. The number of ether oxygens (including phenoxy) is 1. The van der Waals surface area contributed by atoms with Crippen molar-refractivity contribution in [3.05, 3.63) is 11.6 Å². The fourth-order valence-corrected chi connectivity index (χ4v) is 1.98. The standard InChI is InChI=1S/C12H17NO2/c1-5-15-11(14)10-9(12(10,3)4)6-8(2)7-13/h6,9-10H,5H2,1-4H3/b8-6+/t9-,10+/m1/s1. The molecule has 0 radical (unpaired) electrons. The fourth-order valence-electron chi connectivity index (χ4n) is 1.98. The molecular formula is C12H17NO2. The van der Waals surface area contributed by atoms with E-state index in [1.165, 1.54) is 0 Å². The highest BCUT2D eigenvalue weighted by molar-refractivity contribution is 5.78. The summed E-state index contributed by atoms with van der Waals surface area (Å²) in [6.07, 6.45) is 1.88. The molecule has 0 saturated heterocycles. The number of nitriles is 1. The smallest absolute Gasteiger partial charge is 0.310 e. The maximum Gasteiger partial charge on any atom is 0.310 e. The van der Waals surface area contributed by atoms with E-state index >= 15 is 0 Å². The van der Waals surface area contributed by atoms with Crippen LogP contribution in [0, 0.1) is 28.6 Å². The minimum absolute atomic E-state index is 0.0651. The van der Waals surface area contributed by atoms with Crippen molar-refractivity contribution >= 4 is 5.97 Å². The lowest BCUT2D eigenvalue weighted by Crippen LogP contribution is -2.10. The lowest BCUT2D eigenvalue weighted by atomic mass is 10.1. The molecule has 0 N–H and O–H groups in total. The Kier molecular flexibility index (Phi) is 3.18. The summed E-state index contributed by atoms with van der Waals surface area (Å²) in [6.45, 7) is 8.04. The van der Waals surface area contributed by atoms with E-state index < -0.39 is 0 Å². The minimum atomic E-state index is -0.144. The molecule has 0 aliphatic heterocycles. The summed E-state index contributed by atoms with van der Waals surface area (Å²) in [5.41, 5.74) is 0.601. The van der Waals surface area contributed by atoms with Crippen molar-refractivity contribution in [1.82, 2.24) is 0 Å². The molecule has 15 heavy (non-hydrogen) atoms. The highest BCUT2D eigenvalue weighted by Gasteiger charge is 2.61. The number of hydrogen-bond donors (Lipinski definition) is 0. The molecule has 0 unspecified atom stereocenters. The Balaban J connectivity index is 2.72. The van der Waals surface area contributed by atoms with E-state index in [9.17, 15) is 4.79 Å². The van der Waals surface area contributed by atoms with E-state index in [2.05, 4.69) is 6.07 Å². The number of rotatable bonds is 3. The van der Waals surface area contributed by atoms with Crippen molar-refractivity contribution in [2.24, 2.45) is 17.3 Å². The molecule has 0 aromatic carbocycles. The molecule has 3 nitrogen and oxygen atoms in total. The molecule has 1 rings (SSSR count). The van der Waals surface area contributed by atoms with Crippen LogP contribution in [0.15, 0.2) is 11.6 Å². The summed E-state index contributed by atoms with van der Waals surface area (Å²) in [7, 11) is 0. The Hall–Kier alpha value is -1.30. The Morgan fingerprint density at radius 2 is 2.20 bits per heavy atom. The summed E-state index contributed by atoms with van der Waals surface area (Å²) >= 11 is 0. The van der Waals surface area contributed by atoms with Crippen LogP contribution in [0.4, 0.5) is 0 Å². The highest BCUT2D eigenvalue weighted by atomic mass is 16.5. The van der Waals surface area contributed by atoms with Gasteiger partial charge in [-0.05, 0) is 25.2 Å². The third-order valence-corrected chi connectivity index (χ3v) is 3.06. The fraction of sp³-hybridized carbons (Fsp3) is 0.667. The van der Waals surface area contributed by atoms with Gasteiger partial charge in [-0.25, -0.2) is 0 Å². The molecule has 1 aliphatic carbocycles.